The molecule has 0 unspecified atom stereocenters. The molecule has 0 amide bonds. The highest BCUT2D eigenvalue weighted by atomic mass is 16.5. The van der Waals surface area contributed by atoms with Gasteiger partial charge in [-0.3, -0.25) is 0 Å². The minimum atomic E-state index is -0.615. The van der Waals surface area contributed by atoms with Crippen molar-refractivity contribution in [1.82, 2.24) is 0 Å². The number of hydrogen-bond acceptors (Lipinski definition) is 8. The summed E-state index contributed by atoms with van der Waals surface area (Å²) in [5.74, 6) is -1.40. The van der Waals surface area contributed by atoms with E-state index in [1.165, 1.54) is 0 Å². The molecule has 4 N–H and O–H groups in total. The molecule has 4 rings (SSSR count). The van der Waals surface area contributed by atoms with E-state index in [1.807, 2.05) is 30.3 Å². The molecule has 0 spiro atoms. The number of nitrogens with two attached hydrogens (primary N) is 2. The van der Waals surface area contributed by atoms with Crippen molar-refractivity contribution in [2.45, 2.75) is 13.8 Å². The van der Waals surface area contributed by atoms with E-state index in [1.54, 1.807) is 19.9 Å². The van der Waals surface area contributed by atoms with Crippen LogP contribution in [0.2, 0.25) is 0 Å². The highest BCUT2D eigenvalue weighted by Gasteiger charge is 2.30. The summed E-state index contributed by atoms with van der Waals surface area (Å²) >= 11 is 0. The zero-order valence-electron chi connectivity index (χ0n) is 16.5. The first kappa shape index (κ1) is 19.4. The number of anilines is 2. The SMILES string of the molecule is CCOC(=O)c1c(N)oc2c(-c3ccccc3)c3c(C(=O)OCC)c(N)oc3cc12. The van der Waals surface area contributed by atoms with E-state index in [4.69, 9.17) is 29.8 Å². The van der Waals surface area contributed by atoms with Crippen molar-refractivity contribution < 1.29 is 27.9 Å². The zero-order chi connectivity index (χ0) is 21.4. The van der Waals surface area contributed by atoms with Crippen LogP contribution in [0.25, 0.3) is 33.1 Å². The molecule has 0 radical (unpaired) electrons. The molecule has 0 saturated heterocycles. The first-order valence-electron chi connectivity index (χ1n) is 9.44. The smallest absolute Gasteiger partial charge is 0.344 e. The van der Waals surface area contributed by atoms with Gasteiger partial charge in [-0.1, -0.05) is 30.3 Å². The van der Waals surface area contributed by atoms with Gasteiger partial charge in [0.1, 0.15) is 22.3 Å². The number of benzene rings is 2. The number of esters is 2. The van der Waals surface area contributed by atoms with Crippen LogP contribution in [0, 0.1) is 0 Å². The number of furan rings is 2. The second kappa shape index (κ2) is 7.47. The summed E-state index contributed by atoms with van der Waals surface area (Å²) in [6, 6.07) is 10.8. The van der Waals surface area contributed by atoms with Crippen LogP contribution in [0.4, 0.5) is 11.8 Å². The third-order valence-corrected chi connectivity index (χ3v) is 4.71. The molecule has 0 fully saturated rings. The second-order valence-corrected chi connectivity index (χ2v) is 6.49. The molecule has 8 nitrogen and oxygen atoms in total. The van der Waals surface area contributed by atoms with Crippen molar-refractivity contribution in [1.29, 1.82) is 0 Å². The van der Waals surface area contributed by atoms with Crippen molar-refractivity contribution in [2.75, 3.05) is 24.7 Å². The van der Waals surface area contributed by atoms with Crippen LogP contribution in [0.1, 0.15) is 34.6 Å². The molecule has 0 aliphatic carbocycles. The van der Waals surface area contributed by atoms with Gasteiger partial charge in [-0.15, -0.1) is 0 Å². The van der Waals surface area contributed by atoms with Crippen LogP contribution >= 0.6 is 0 Å². The second-order valence-electron chi connectivity index (χ2n) is 6.49. The summed E-state index contributed by atoms with van der Waals surface area (Å²) in [6.07, 6.45) is 0. The summed E-state index contributed by atoms with van der Waals surface area (Å²) in [7, 11) is 0. The fraction of sp³-hybridized carbons (Fsp3) is 0.182. The first-order valence-corrected chi connectivity index (χ1v) is 9.44. The summed E-state index contributed by atoms with van der Waals surface area (Å²) < 4.78 is 21.8. The molecule has 0 aliphatic rings. The molecule has 2 aromatic heterocycles. The lowest BCUT2D eigenvalue weighted by Gasteiger charge is -2.07. The third-order valence-electron chi connectivity index (χ3n) is 4.71. The Balaban J connectivity index is 2.16. The lowest BCUT2D eigenvalue weighted by Crippen LogP contribution is -2.07. The van der Waals surface area contributed by atoms with E-state index < -0.39 is 11.9 Å². The number of carbonyl (C=O) groups excluding carboxylic acids is 2. The van der Waals surface area contributed by atoms with Crippen LogP contribution in [0.3, 0.4) is 0 Å². The fourth-order valence-electron chi connectivity index (χ4n) is 3.55. The first-order chi connectivity index (χ1) is 14.5. The van der Waals surface area contributed by atoms with E-state index in [9.17, 15) is 9.59 Å². The summed E-state index contributed by atoms with van der Waals surface area (Å²) in [5.41, 5.74) is 14.1. The minimum absolute atomic E-state index is 0.0843. The molecule has 30 heavy (non-hydrogen) atoms. The molecular weight excluding hydrogens is 388 g/mol. The average Bonchev–Trinajstić information content (AvgIpc) is 3.22. The van der Waals surface area contributed by atoms with E-state index >= 15 is 0 Å². The maximum atomic E-state index is 12.6. The number of hydrogen-bond donors (Lipinski definition) is 2. The lowest BCUT2D eigenvalue weighted by atomic mass is 9.96. The van der Waals surface area contributed by atoms with Gasteiger partial charge < -0.3 is 29.8 Å². The molecule has 0 atom stereocenters. The van der Waals surface area contributed by atoms with Gasteiger partial charge in [0.15, 0.2) is 0 Å². The van der Waals surface area contributed by atoms with Gasteiger partial charge in [-0.25, -0.2) is 9.59 Å². The van der Waals surface area contributed by atoms with Crippen molar-refractivity contribution in [3.63, 3.8) is 0 Å². The van der Waals surface area contributed by atoms with E-state index in [0.29, 0.717) is 27.5 Å². The van der Waals surface area contributed by atoms with Gasteiger partial charge in [-0.05, 0) is 25.5 Å². The van der Waals surface area contributed by atoms with Gasteiger partial charge >= 0.3 is 11.9 Å². The Labute approximate surface area is 171 Å². The molecule has 154 valence electrons. The zero-order valence-corrected chi connectivity index (χ0v) is 16.5. The monoisotopic (exact) mass is 408 g/mol. The van der Waals surface area contributed by atoms with Crippen LogP contribution in [0.5, 0.6) is 0 Å². The van der Waals surface area contributed by atoms with E-state index in [0.717, 1.165) is 5.56 Å². The van der Waals surface area contributed by atoms with Crippen LogP contribution < -0.4 is 11.5 Å². The molecule has 8 heteroatoms. The topological polar surface area (TPSA) is 131 Å². The molecular formula is C22H20N2O6. The van der Waals surface area contributed by atoms with Crippen molar-refractivity contribution in [3.8, 4) is 11.1 Å². The Bertz CT molecular complexity index is 1270. The predicted octanol–water partition coefficient (Wildman–Crippen LogP) is 4.36. The average molecular weight is 408 g/mol. The predicted molar refractivity (Wildman–Crippen MR) is 112 cm³/mol. The molecule has 2 heterocycles. The van der Waals surface area contributed by atoms with Crippen molar-refractivity contribution in [3.05, 3.63) is 47.5 Å². The van der Waals surface area contributed by atoms with Crippen molar-refractivity contribution >= 4 is 45.6 Å². The molecule has 0 saturated carbocycles. The Morgan fingerprint density at radius 3 is 2.13 bits per heavy atom. The minimum Gasteiger partial charge on any atom is -0.462 e. The number of fused-ring (bicyclic) bond motifs is 2. The van der Waals surface area contributed by atoms with Gasteiger partial charge in [-0.2, -0.15) is 0 Å². The number of nitrogen functional groups attached to an aromatic ring is 2. The summed E-state index contributed by atoms with van der Waals surface area (Å²) in [6.45, 7) is 3.75. The maximum Gasteiger partial charge on any atom is 0.344 e. The third kappa shape index (κ3) is 2.93. The van der Waals surface area contributed by atoms with Crippen LogP contribution in [-0.4, -0.2) is 25.2 Å². The highest BCUT2D eigenvalue weighted by Crippen LogP contribution is 2.44. The van der Waals surface area contributed by atoms with E-state index in [-0.39, 0.29) is 36.1 Å². The summed E-state index contributed by atoms with van der Waals surface area (Å²) in [5, 5.41) is 0.829. The van der Waals surface area contributed by atoms with E-state index in [2.05, 4.69) is 0 Å². The Kier molecular flexibility index (Phi) is 4.83. The van der Waals surface area contributed by atoms with Gasteiger partial charge in [0, 0.05) is 16.3 Å². The standard InChI is InChI=1S/C22H20N2O6/c1-3-27-21(25)15-12-10-13-16(17(20(24)29-13)22(26)28-4-2)14(18(12)30-19(15)23)11-8-6-5-7-9-11/h5-10H,3-4,23-24H2,1-2H3. The van der Waals surface area contributed by atoms with Gasteiger partial charge in [0.2, 0.25) is 11.8 Å². The fourth-order valence-corrected chi connectivity index (χ4v) is 3.55. The van der Waals surface area contributed by atoms with Gasteiger partial charge in [0.25, 0.3) is 0 Å². The lowest BCUT2D eigenvalue weighted by molar-refractivity contribution is 0.0519. The maximum absolute atomic E-state index is 12.6. The number of carbonyl (C=O) groups is 2. The highest BCUT2D eigenvalue weighted by molar-refractivity contribution is 6.22. The van der Waals surface area contributed by atoms with Crippen molar-refractivity contribution in [2.24, 2.45) is 0 Å². The number of rotatable bonds is 5. The Morgan fingerprint density at radius 1 is 0.900 bits per heavy atom. The largest absolute Gasteiger partial charge is 0.462 e. The quantitative estimate of drug-likeness (QED) is 0.466. The molecule has 2 aromatic carbocycles. The molecule has 0 aliphatic heterocycles. The summed E-state index contributed by atoms with van der Waals surface area (Å²) in [4.78, 5) is 25.1. The molecule has 4 aromatic rings. The Morgan fingerprint density at radius 2 is 1.50 bits per heavy atom. The molecule has 0 bridgehead atoms. The van der Waals surface area contributed by atoms with Crippen LogP contribution in [-0.2, 0) is 9.47 Å². The number of ether oxygens (including phenoxy) is 2. The normalized spacial score (nSPS) is 11.1. The Hall–Kier alpha value is -3.94. The van der Waals surface area contributed by atoms with Gasteiger partial charge in [0.05, 0.1) is 13.2 Å². The van der Waals surface area contributed by atoms with Crippen LogP contribution in [0.15, 0.2) is 45.2 Å².